The van der Waals surface area contributed by atoms with E-state index in [9.17, 15) is 0 Å². The van der Waals surface area contributed by atoms with E-state index in [1.807, 2.05) is 42.2 Å². The lowest BCUT2D eigenvalue weighted by Gasteiger charge is -2.06. The van der Waals surface area contributed by atoms with Gasteiger partial charge in [0.15, 0.2) is 0 Å². The Morgan fingerprint density at radius 1 is 1.30 bits per heavy atom. The van der Waals surface area contributed by atoms with Crippen LogP contribution in [0.1, 0.15) is 23.9 Å². The van der Waals surface area contributed by atoms with Crippen molar-refractivity contribution in [2.45, 2.75) is 19.9 Å². The third kappa shape index (κ3) is 1.97. The highest BCUT2D eigenvalue weighted by Gasteiger charge is 2.08. The topological polar surface area (TPSA) is 46.5 Å². The van der Waals surface area contributed by atoms with Gasteiger partial charge in [-0.05, 0) is 30.7 Å². The normalized spacial score (nSPS) is 10.8. The highest BCUT2D eigenvalue weighted by atomic mass is 15.3. The zero-order valence-corrected chi connectivity index (χ0v) is 11.7. The molecule has 0 bridgehead atoms. The second-order valence-electron chi connectivity index (χ2n) is 4.90. The first-order valence-electron chi connectivity index (χ1n) is 6.72. The molecule has 2 aromatic heterocycles. The van der Waals surface area contributed by atoms with Crippen molar-refractivity contribution >= 4 is 10.9 Å². The molecule has 4 heteroatoms. The van der Waals surface area contributed by atoms with Crippen LogP contribution in [0.5, 0.6) is 0 Å². The average molecular weight is 264 g/mol. The van der Waals surface area contributed by atoms with E-state index in [2.05, 4.69) is 28.7 Å². The number of benzene rings is 1. The molecule has 0 radical (unpaired) electrons. The molecule has 0 aliphatic carbocycles. The van der Waals surface area contributed by atoms with Crippen molar-refractivity contribution in [2.24, 2.45) is 7.05 Å². The molecule has 1 aromatic carbocycles. The van der Waals surface area contributed by atoms with E-state index < -0.39 is 0 Å². The van der Waals surface area contributed by atoms with Crippen LogP contribution < -0.4 is 0 Å². The van der Waals surface area contributed by atoms with Gasteiger partial charge in [-0.25, -0.2) is 0 Å². The predicted octanol–water partition coefficient (Wildman–Crippen LogP) is 2.86. The number of fused-ring (bicyclic) bond motifs is 1. The molecule has 20 heavy (non-hydrogen) atoms. The summed E-state index contributed by atoms with van der Waals surface area (Å²) in [5.74, 6) is 0. The highest BCUT2D eigenvalue weighted by molar-refractivity contribution is 5.86. The van der Waals surface area contributed by atoms with E-state index in [1.165, 1.54) is 5.69 Å². The summed E-state index contributed by atoms with van der Waals surface area (Å²) < 4.78 is 4.09. The minimum absolute atomic E-state index is 0.723. The number of nitrogens with zero attached hydrogens (tertiary/aromatic N) is 4. The van der Waals surface area contributed by atoms with E-state index in [1.54, 1.807) is 0 Å². The van der Waals surface area contributed by atoms with Gasteiger partial charge in [0.05, 0.1) is 29.6 Å². The number of nitriles is 1. The van der Waals surface area contributed by atoms with E-state index in [0.717, 1.165) is 35.1 Å². The van der Waals surface area contributed by atoms with Crippen molar-refractivity contribution < 1.29 is 0 Å². The van der Waals surface area contributed by atoms with Crippen LogP contribution in [0.25, 0.3) is 10.9 Å². The van der Waals surface area contributed by atoms with E-state index in [-0.39, 0.29) is 0 Å². The van der Waals surface area contributed by atoms with Gasteiger partial charge in [-0.2, -0.15) is 10.4 Å². The molecule has 0 saturated heterocycles. The summed E-state index contributed by atoms with van der Waals surface area (Å²) in [6.07, 6.45) is 2.98. The zero-order valence-electron chi connectivity index (χ0n) is 11.7. The Labute approximate surface area is 117 Å². The molecule has 0 unspecified atom stereocenters. The largest absolute Gasteiger partial charge is 0.341 e. The lowest BCUT2D eigenvalue weighted by atomic mass is 10.1. The molecule has 0 saturated carbocycles. The first-order valence-corrected chi connectivity index (χ1v) is 6.72. The molecule has 3 rings (SSSR count). The van der Waals surface area contributed by atoms with Gasteiger partial charge in [0.2, 0.25) is 0 Å². The van der Waals surface area contributed by atoms with E-state index in [4.69, 9.17) is 5.26 Å². The van der Waals surface area contributed by atoms with Crippen molar-refractivity contribution in [2.75, 3.05) is 0 Å². The average Bonchev–Trinajstić information content (AvgIpc) is 3.03. The van der Waals surface area contributed by atoms with Crippen LogP contribution in [0.4, 0.5) is 0 Å². The molecule has 4 nitrogen and oxygen atoms in total. The smallest absolute Gasteiger partial charge is 0.0998 e. The Morgan fingerprint density at radius 3 is 2.85 bits per heavy atom. The van der Waals surface area contributed by atoms with Crippen LogP contribution in [0, 0.1) is 11.3 Å². The molecular weight excluding hydrogens is 248 g/mol. The van der Waals surface area contributed by atoms with Crippen molar-refractivity contribution in [1.29, 1.82) is 5.26 Å². The van der Waals surface area contributed by atoms with Crippen molar-refractivity contribution in [1.82, 2.24) is 14.3 Å². The lowest BCUT2D eigenvalue weighted by molar-refractivity contribution is 0.669. The molecule has 0 spiro atoms. The predicted molar refractivity (Wildman–Crippen MR) is 78.3 cm³/mol. The number of rotatable bonds is 3. The minimum Gasteiger partial charge on any atom is -0.341 e. The summed E-state index contributed by atoms with van der Waals surface area (Å²) in [6.45, 7) is 2.87. The Bertz CT molecular complexity index is 802. The van der Waals surface area contributed by atoms with Gasteiger partial charge in [-0.15, -0.1) is 0 Å². The third-order valence-electron chi connectivity index (χ3n) is 3.66. The maximum absolute atomic E-state index is 9.14. The standard InChI is InChI=1S/C16H16N4/c1-3-13-9-14(19(2)18-13)11-20-8-7-15-12(10-17)5-4-6-16(15)20/h4-9H,3,11H2,1-2H3. The number of hydrogen-bond acceptors (Lipinski definition) is 2. The molecule has 0 aliphatic heterocycles. The molecule has 0 amide bonds. The summed E-state index contributed by atoms with van der Waals surface area (Å²) in [5, 5.41) is 14.6. The highest BCUT2D eigenvalue weighted by Crippen LogP contribution is 2.21. The van der Waals surface area contributed by atoms with Gasteiger partial charge in [0.25, 0.3) is 0 Å². The summed E-state index contributed by atoms with van der Waals surface area (Å²) in [5.41, 5.74) is 4.09. The lowest BCUT2D eigenvalue weighted by Crippen LogP contribution is -2.04. The summed E-state index contributed by atoms with van der Waals surface area (Å²) in [7, 11) is 1.97. The summed E-state index contributed by atoms with van der Waals surface area (Å²) in [6, 6.07) is 12.2. The van der Waals surface area contributed by atoms with Crippen LogP contribution >= 0.6 is 0 Å². The van der Waals surface area contributed by atoms with Crippen molar-refractivity contribution in [3.05, 3.63) is 53.5 Å². The summed E-state index contributed by atoms with van der Waals surface area (Å²) >= 11 is 0. The second kappa shape index (κ2) is 4.86. The Hall–Kier alpha value is -2.54. The van der Waals surface area contributed by atoms with Gasteiger partial charge in [0.1, 0.15) is 0 Å². The molecule has 0 aliphatic rings. The minimum atomic E-state index is 0.723. The fraction of sp³-hybridized carbons (Fsp3) is 0.250. The Morgan fingerprint density at radius 2 is 2.15 bits per heavy atom. The number of aromatic nitrogens is 3. The third-order valence-corrected chi connectivity index (χ3v) is 3.66. The van der Waals surface area contributed by atoms with Crippen LogP contribution in [0.2, 0.25) is 0 Å². The van der Waals surface area contributed by atoms with Crippen LogP contribution in [-0.4, -0.2) is 14.3 Å². The number of aryl methyl sites for hydroxylation is 2. The van der Waals surface area contributed by atoms with Gasteiger partial charge in [-0.3, -0.25) is 4.68 Å². The molecule has 2 heterocycles. The quantitative estimate of drug-likeness (QED) is 0.730. The van der Waals surface area contributed by atoms with Crippen LogP contribution in [0.15, 0.2) is 36.5 Å². The molecule has 0 atom stereocenters. The summed E-state index contributed by atoms with van der Waals surface area (Å²) in [4.78, 5) is 0. The molecule has 3 aromatic rings. The van der Waals surface area contributed by atoms with E-state index >= 15 is 0 Å². The van der Waals surface area contributed by atoms with Gasteiger partial charge in [0, 0.05) is 24.1 Å². The molecular formula is C16H16N4. The van der Waals surface area contributed by atoms with Crippen molar-refractivity contribution in [3.63, 3.8) is 0 Å². The first kappa shape index (κ1) is 12.5. The van der Waals surface area contributed by atoms with Gasteiger partial charge < -0.3 is 4.57 Å². The van der Waals surface area contributed by atoms with Gasteiger partial charge >= 0.3 is 0 Å². The maximum atomic E-state index is 9.14. The second-order valence-corrected chi connectivity index (χ2v) is 4.90. The number of hydrogen-bond donors (Lipinski definition) is 0. The zero-order chi connectivity index (χ0) is 14.1. The van der Waals surface area contributed by atoms with Crippen LogP contribution in [-0.2, 0) is 20.0 Å². The SMILES string of the molecule is CCc1cc(Cn2ccc3c(C#N)cccc32)n(C)n1. The molecule has 0 N–H and O–H groups in total. The van der Waals surface area contributed by atoms with Crippen molar-refractivity contribution in [3.8, 4) is 6.07 Å². The fourth-order valence-corrected chi connectivity index (χ4v) is 2.53. The molecule has 100 valence electrons. The fourth-order valence-electron chi connectivity index (χ4n) is 2.53. The Balaban J connectivity index is 2.03. The van der Waals surface area contributed by atoms with E-state index in [0.29, 0.717) is 0 Å². The van der Waals surface area contributed by atoms with Gasteiger partial charge in [-0.1, -0.05) is 13.0 Å². The molecule has 0 fully saturated rings. The monoisotopic (exact) mass is 264 g/mol. The van der Waals surface area contributed by atoms with Crippen LogP contribution in [0.3, 0.4) is 0 Å². The Kier molecular flexibility index (Phi) is 3.03. The first-order chi connectivity index (χ1) is 9.72. The maximum Gasteiger partial charge on any atom is 0.0998 e.